The van der Waals surface area contributed by atoms with Crippen LogP contribution in [-0.4, -0.2) is 40.4 Å². The van der Waals surface area contributed by atoms with Crippen LogP contribution in [0.3, 0.4) is 0 Å². The van der Waals surface area contributed by atoms with Gasteiger partial charge in [0.2, 0.25) is 23.2 Å². The zero-order valence-electron chi connectivity index (χ0n) is 21.0. The second kappa shape index (κ2) is 11.9. The van der Waals surface area contributed by atoms with E-state index < -0.39 is 12.2 Å². The molecule has 1 amide bonds. The van der Waals surface area contributed by atoms with Crippen molar-refractivity contribution in [1.82, 2.24) is 15.2 Å². The minimum atomic E-state index is -1.04. The molecule has 37 heavy (non-hydrogen) atoms. The van der Waals surface area contributed by atoms with Crippen LogP contribution >= 0.6 is 27.7 Å². The lowest BCUT2D eigenvalue weighted by molar-refractivity contribution is -0.134. The van der Waals surface area contributed by atoms with Gasteiger partial charge in [-0.1, -0.05) is 59.7 Å². The highest BCUT2D eigenvalue weighted by Crippen LogP contribution is 2.47. The number of rotatable bonds is 8. The molecule has 2 heterocycles. The average Bonchev–Trinajstić information content (AvgIpc) is 3.03. The molecule has 0 aliphatic carbocycles. The Morgan fingerprint density at radius 3 is 2.59 bits per heavy atom. The molecule has 0 N–H and O–H groups in total. The Bertz CT molecular complexity index is 1320. The first-order valence-electron chi connectivity index (χ1n) is 11.9. The molecular weight excluding hydrogens is 560 g/mol. The van der Waals surface area contributed by atoms with Crippen molar-refractivity contribution >= 4 is 45.3 Å². The van der Waals surface area contributed by atoms with Crippen molar-refractivity contribution in [2.45, 2.75) is 50.9 Å². The summed E-state index contributed by atoms with van der Waals surface area (Å²) in [6.45, 7) is 3.83. The molecule has 0 fully saturated rings. The summed E-state index contributed by atoms with van der Waals surface area (Å²) in [5.74, 6) is 0.128. The maximum atomic E-state index is 13.7. The molecule has 0 saturated carbocycles. The van der Waals surface area contributed by atoms with Crippen LogP contribution in [0.4, 0.5) is 5.69 Å². The van der Waals surface area contributed by atoms with Crippen LogP contribution in [0.25, 0.3) is 11.3 Å². The van der Waals surface area contributed by atoms with E-state index in [9.17, 15) is 9.59 Å². The Hall–Kier alpha value is -3.18. The van der Waals surface area contributed by atoms with E-state index >= 15 is 0 Å². The number of carbonyl (C=O) groups excluding carboxylic acids is 2. The average molecular weight is 587 g/mol. The van der Waals surface area contributed by atoms with Crippen LogP contribution in [0.5, 0.6) is 17.4 Å². The first kappa shape index (κ1) is 26.9. The van der Waals surface area contributed by atoms with Gasteiger partial charge in [0.15, 0.2) is 17.2 Å². The number of halogens is 1. The van der Waals surface area contributed by atoms with Crippen molar-refractivity contribution in [2.24, 2.45) is 0 Å². The SMILES string of the molecule is CCCC(=O)Oc1c(OC)cc(Br)cc1[C@@H]1Oc2nc(SC)nnc2-c2ccccc2N1C(=O)CCC. The number of anilines is 1. The van der Waals surface area contributed by atoms with Gasteiger partial charge in [-0.25, -0.2) is 0 Å². The monoisotopic (exact) mass is 586 g/mol. The molecule has 0 saturated heterocycles. The number of carbonyl (C=O) groups is 2. The minimum Gasteiger partial charge on any atom is -0.493 e. The molecule has 11 heteroatoms. The molecule has 2 aromatic carbocycles. The Balaban J connectivity index is 2.00. The number of benzene rings is 2. The second-order valence-corrected chi connectivity index (χ2v) is 9.89. The summed E-state index contributed by atoms with van der Waals surface area (Å²) in [6, 6.07) is 10.8. The van der Waals surface area contributed by atoms with Crippen LogP contribution in [-0.2, 0) is 9.59 Å². The van der Waals surface area contributed by atoms with E-state index in [4.69, 9.17) is 14.2 Å². The second-order valence-electron chi connectivity index (χ2n) is 8.20. The third-order valence-electron chi connectivity index (χ3n) is 5.63. The fourth-order valence-corrected chi connectivity index (χ4v) is 4.76. The van der Waals surface area contributed by atoms with Crippen molar-refractivity contribution in [2.75, 3.05) is 18.3 Å². The standard InChI is InChI=1S/C26H27BrN4O5S/c1-5-9-20(32)31-18-12-8-7-11-16(18)22-24(28-26(37-4)30-29-22)36-25(31)17-13-15(27)14-19(34-3)23(17)35-21(33)10-6-2/h7-8,11-14,25H,5-6,9-10H2,1-4H3/t25-/m0/s1. The molecule has 194 valence electrons. The molecule has 1 aromatic heterocycles. The van der Waals surface area contributed by atoms with Crippen molar-refractivity contribution in [3.63, 3.8) is 0 Å². The molecule has 0 bridgehead atoms. The van der Waals surface area contributed by atoms with Gasteiger partial charge in [0.25, 0.3) is 0 Å². The fraction of sp³-hybridized carbons (Fsp3) is 0.346. The third kappa shape index (κ3) is 5.57. The van der Waals surface area contributed by atoms with Crippen LogP contribution < -0.4 is 19.1 Å². The highest BCUT2D eigenvalue weighted by molar-refractivity contribution is 9.10. The normalized spacial score (nSPS) is 14.2. The Labute approximate surface area is 228 Å². The maximum absolute atomic E-state index is 13.7. The van der Waals surface area contributed by atoms with Crippen molar-refractivity contribution in [3.05, 3.63) is 46.4 Å². The molecule has 9 nitrogen and oxygen atoms in total. The van der Waals surface area contributed by atoms with E-state index in [2.05, 4.69) is 31.1 Å². The van der Waals surface area contributed by atoms with Gasteiger partial charge in [-0.15, -0.1) is 10.2 Å². The number of esters is 1. The lowest BCUT2D eigenvalue weighted by Gasteiger charge is -2.32. The predicted molar refractivity (Wildman–Crippen MR) is 144 cm³/mol. The van der Waals surface area contributed by atoms with Crippen LogP contribution in [0.15, 0.2) is 46.0 Å². The van der Waals surface area contributed by atoms with Crippen LogP contribution in [0.1, 0.15) is 51.3 Å². The van der Waals surface area contributed by atoms with Gasteiger partial charge >= 0.3 is 5.97 Å². The van der Waals surface area contributed by atoms with E-state index in [1.165, 1.54) is 18.9 Å². The lowest BCUT2D eigenvalue weighted by Crippen LogP contribution is -2.38. The lowest BCUT2D eigenvalue weighted by atomic mass is 10.1. The number of hydrogen-bond donors (Lipinski definition) is 0. The highest BCUT2D eigenvalue weighted by Gasteiger charge is 2.38. The molecule has 0 unspecified atom stereocenters. The number of para-hydroxylation sites is 1. The van der Waals surface area contributed by atoms with Crippen molar-refractivity contribution < 1.29 is 23.8 Å². The summed E-state index contributed by atoms with van der Waals surface area (Å²) >= 11 is 4.85. The molecule has 0 spiro atoms. The van der Waals surface area contributed by atoms with Gasteiger partial charge in [-0.05, 0) is 37.3 Å². The molecule has 1 atom stereocenters. The third-order valence-corrected chi connectivity index (χ3v) is 6.63. The number of nitrogens with zero attached hydrogens (tertiary/aromatic N) is 4. The zero-order chi connectivity index (χ0) is 26.5. The van der Waals surface area contributed by atoms with Gasteiger partial charge < -0.3 is 14.2 Å². The molecular formula is C26H27BrN4O5S. The maximum Gasteiger partial charge on any atom is 0.311 e. The van der Waals surface area contributed by atoms with Crippen LogP contribution in [0.2, 0.25) is 0 Å². The van der Waals surface area contributed by atoms with E-state index in [0.29, 0.717) is 50.7 Å². The van der Waals surface area contributed by atoms with E-state index in [1.54, 1.807) is 17.0 Å². The highest BCUT2D eigenvalue weighted by atomic mass is 79.9. The summed E-state index contributed by atoms with van der Waals surface area (Å²) in [7, 11) is 1.49. The van der Waals surface area contributed by atoms with Gasteiger partial charge in [0.1, 0.15) is 0 Å². The van der Waals surface area contributed by atoms with Gasteiger partial charge in [0.05, 0.1) is 18.4 Å². The number of fused-ring (bicyclic) bond motifs is 3. The molecule has 0 radical (unpaired) electrons. The summed E-state index contributed by atoms with van der Waals surface area (Å²) in [4.78, 5) is 32.4. The summed E-state index contributed by atoms with van der Waals surface area (Å²) in [5.41, 5.74) is 2.08. The van der Waals surface area contributed by atoms with Gasteiger partial charge in [0, 0.05) is 22.9 Å². The zero-order valence-corrected chi connectivity index (χ0v) is 23.4. The number of hydrogen-bond acceptors (Lipinski definition) is 9. The minimum absolute atomic E-state index is 0.171. The molecule has 3 aromatic rings. The summed E-state index contributed by atoms with van der Waals surface area (Å²) in [6.07, 6.45) is 2.55. The first-order chi connectivity index (χ1) is 17.9. The number of ether oxygens (including phenoxy) is 3. The van der Waals surface area contributed by atoms with Gasteiger partial charge in [-0.2, -0.15) is 4.98 Å². The van der Waals surface area contributed by atoms with Crippen molar-refractivity contribution in [1.29, 1.82) is 0 Å². The van der Waals surface area contributed by atoms with E-state index in [0.717, 1.165) is 0 Å². The Morgan fingerprint density at radius 1 is 1.14 bits per heavy atom. The number of aromatic nitrogens is 3. The number of thioether (sulfide) groups is 1. The molecule has 1 aliphatic rings. The summed E-state index contributed by atoms with van der Waals surface area (Å²) < 4.78 is 18.5. The van der Waals surface area contributed by atoms with E-state index in [-0.39, 0.29) is 30.4 Å². The Morgan fingerprint density at radius 2 is 1.89 bits per heavy atom. The number of methoxy groups -OCH3 is 1. The fourth-order valence-electron chi connectivity index (χ4n) is 4.01. The van der Waals surface area contributed by atoms with Crippen LogP contribution in [0, 0.1) is 0 Å². The Kier molecular flexibility index (Phi) is 8.65. The molecule has 4 rings (SSSR count). The number of amides is 1. The quantitative estimate of drug-likeness (QED) is 0.179. The predicted octanol–water partition coefficient (Wildman–Crippen LogP) is 5.96. The summed E-state index contributed by atoms with van der Waals surface area (Å²) in [5, 5.41) is 9.01. The smallest absolute Gasteiger partial charge is 0.311 e. The van der Waals surface area contributed by atoms with Gasteiger partial charge in [-0.3, -0.25) is 14.5 Å². The largest absolute Gasteiger partial charge is 0.493 e. The topological polar surface area (TPSA) is 104 Å². The van der Waals surface area contributed by atoms with Crippen molar-refractivity contribution in [3.8, 4) is 28.6 Å². The van der Waals surface area contributed by atoms with E-state index in [1.807, 2.05) is 44.4 Å². The molecule has 1 aliphatic heterocycles. The first-order valence-corrected chi connectivity index (χ1v) is 13.9.